The molecule has 0 saturated heterocycles. The van der Waals surface area contributed by atoms with E-state index in [1.54, 1.807) is 18.3 Å². The monoisotopic (exact) mass is 204 g/mol. The molecule has 0 fully saturated rings. The predicted octanol–water partition coefficient (Wildman–Crippen LogP) is 2.60. The third-order valence-electron chi connectivity index (χ3n) is 1.84. The lowest BCUT2D eigenvalue weighted by Gasteiger charge is -2.06. The number of nitrogens with zero attached hydrogens (tertiary/aromatic N) is 1. The zero-order chi connectivity index (χ0) is 10.7. The topological polar surface area (TPSA) is 48.1 Å². The van der Waals surface area contributed by atoms with Crippen molar-refractivity contribution in [1.82, 2.24) is 4.98 Å². The normalized spacial score (nSPS) is 9.93. The first-order valence-corrected chi connectivity index (χ1v) is 4.39. The number of aromatic nitrogens is 1. The van der Waals surface area contributed by atoms with E-state index in [0.717, 1.165) is 0 Å². The van der Waals surface area contributed by atoms with Gasteiger partial charge in [0.15, 0.2) is 11.6 Å². The van der Waals surface area contributed by atoms with Gasteiger partial charge in [-0.15, -0.1) is 0 Å². The van der Waals surface area contributed by atoms with Gasteiger partial charge in [0.25, 0.3) is 0 Å². The average Bonchev–Trinajstić information content (AvgIpc) is 2.25. The van der Waals surface area contributed by atoms with Crippen LogP contribution in [0.1, 0.15) is 0 Å². The Kier molecular flexibility index (Phi) is 2.49. The van der Waals surface area contributed by atoms with E-state index in [-0.39, 0.29) is 5.82 Å². The highest BCUT2D eigenvalue weighted by Gasteiger charge is 2.01. The van der Waals surface area contributed by atoms with Gasteiger partial charge in [-0.25, -0.2) is 9.37 Å². The van der Waals surface area contributed by atoms with Gasteiger partial charge in [0.1, 0.15) is 11.6 Å². The van der Waals surface area contributed by atoms with Gasteiger partial charge >= 0.3 is 0 Å². The van der Waals surface area contributed by atoms with E-state index >= 15 is 0 Å². The van der Waals surface area contributed by atoms with Crippen molar-refractivity contribution in [1.29, 1.82) is 0 Å². The molecule has 2 N–H and O–H groups in total. The first-order chi connectivity index (χ1) is 7.25. The van der Waals surface area contributed by atoms with Crippen LogP contribution in [0.25, 0.3) is 0 Å². The molecule has 0 aliphatic rings. The van der Waals surface area contributed by atoms with Gasteiger partial charge in [-0.3, -0.25) is 0 Å². The van der Waals surface area contributed by atoms with Crippen molar-refractivity contribution in [2.75, 3.05) is 5.73 Å². The van der Waals surface area contributed by atoms with Crippen LogP contribution in [0.4, 0.5) is 10.2 Å². The Morgan fingerprint density at radius 3 is 2.53 bits per heavy atom. The average molecular weight is 204 g/mol. The van der Waals surface area contributed by atoms with Crippen molar-refractivity contribution in [3.05, 3.63) is 48.4 Å². The van der Waals surface area contributed by atoms with E-state index in [2.05, 4.69) is 4.98 Å². The van der Waals surface area contributed by atoms with Crippen molar-refractivity contribution >= 4 is 5.82 Å². The minimum absolute atomic E-state index is 0.304. The number of nitrogens with two attached hydrogens (primary N) is 1. The highest BCUT2D eigenvalue weighted by atomic mass is 19.1. The third-order valence-corrected chi connectivity index (χ3v) is 1.84. The minimum atomic E-state index is -0.304. The van der Waals surface area contributed by atoms with Gasteiger partial charge in [-0.05, 0) is 36.4 Å². The summed E-state index contributed by atoms with van der Waals surface area (Å²) in [6.45, 7) is 0. The van der Waals surface area contributed by atoms with Gasteiger partial charge in [-0.1, -0.05) is 0 Å². The molecule has 0 aliphatic carbocycles. The lowest BCUT2D eigenvalue weighted by Crippen LogP contribution is -1.94. The van der Waals surface area contributed by atoms with Crippen molar-refractivity contribution < 1.29 is 9.13 Å². The molecule has 0 atom stereocenters. The van der Waals surface area contributed by atoms with Crippen LogP contribution in [-0.2, 0) is 0 Å². The number of halogens is 1. The second kappa shape index (κ2) is 3.96. The summed E-state index contributed by atoms with van der Waals surface area (Å²) in [5, 5.41) is 0. The van der Waals surface area contributed by atoms with Crippen LogP contribution in [0.15, 0.2) is 42.6 Å². The van der Waals surface area contributed by atoms with Crippen molar-refractivity contribution in [3.63, 3.8) is 0 Å². The summed E-state index contributed by atoms with van der Waals surface area (Å²) in [6.07, 6.45) is 1.58. The Labute approximate surface area is 86.3 Å². The second-order valence-corrected chi connectivity index (χ2v) is 2.94. The van der Waals surface area contributed by atoms with Crippen LogP contribution < -0.4 is 10.5 Å². The SMILES string of the molecule is Nc1ncccc1Oc1ccc(F)cc1. The van der Waals surface area contributed by atoms with E-state index in [0.29, 0.717) is 17.3 Å². The standard InChI is InChI=1S/C11H9FN2O/c12-8-3-5-9(6-4-8)15-10-2-1-7-14-11(10)13/h1-7H,(H2,13,14). The number of anilines is 1. The molecule has 0 bridgehead atoms. The molecule has 15 heavy (non-hydrogen) atoms. The summed E-state index contributed by atoms with van der Waals surface area (Å²) in [5.41, 5.74) is 5.59. The summed E-state index contributed by atoms with van der Waals surface area (Å²) < 4.78 is 18.0. The summed E-state index contributed by atoms with van der Waals surface area (Å²) in [4.78, 5) is 3.87. The highest BCUT2D eigenvalue weighted by Crippen LogP contribution is 2.24. The Morgan fingerprint density at radius 1 is 1.13 bits per heavy atom. The molecule has 0 saturated carbocycles. The lowest BCUT2D eigenvalue weighted by molar-refractivity contribution is 0.481. The molecule has 0 spiro atoms. The van der Waals surface area contributed by atoms with Crippen LogP contribution >= 0.6 is 0 Å². The number of ether oxygens (including phenoxy) is 1. The molecule has 0 unspecified atom stereocenters. The molecule has 4 heteroatoms. The second-order valence-electron chi connectivity index (χ2n) is 2.94. The summed E-state index contributed by atoms with van der Waals surface area (Å²) in [7, 11) is 0. The number of nitrogen functional groups attached to an aromatic ring is 1. The zero-order valence-corrected chi connectivity index (χ0v) is 7.85. The maximum atomic E-state index is 12.6. The van der Waals surface area contributed by atoms with Crippen LogP contribution in [0, 0.1) is 5.82 Å². The molecular formula is C11H9FN2O. The molecule has 76 valence electrons. The van der Waals surface area contributed by atoms with Crippen LogP contribution in [-0.4, -0.2) is 4.98 Å². The Hall–Kier alpha value is -2.10. The molecule has 2 aromatic rings. The van der Waals surface area contributed by atoms with Gasteiger partial charge in [0.05, 0.1) is 0 Å². The number of benzene rings is 1. The summed E-state index contributed by atoms with van der Waals surface area (Å²) in [5.74, 6) is 0.989. The molecule has 2 rings (SSSR count). The maximum Gasteiger partial charge on any atom is 0.169 e. The van der Waals surface area contributed by atoms with E-state index in [9.17, 15) is 4.39 Å². The predicted molar refractivity (Wildman–Crippen MR) is 55.1 cm³/mol. The third kappa shape index (κ3) is 2.22. The quantitative estimate of drug-likeness (QED) is 0.817. The number of hydrogen-bond acceptors (Lipinski definition) is 3. The summed E-state index contributed by atoms with van der Waals surface area (Å²) >= 11 is 0. The van der Waals surface area contributed by atoms with E-state index in [1.807, 2.05) is 0 Å². The van der Waals surface area contributed by atoms with Crippen molar-refractivity contribution in [2.24, 2.45) is 0 Å². The fourth-order valence-electron chi connectivity index (χ4n) is 1.12. The molecule has 1 aromatic carbocycles. The molecule has 1 heterocycles. The molecule has 3 nitrogen and oxygen atoms in total. The van der Waals surface area contributed by atoms with Gasteiger partial charge < -0.3 is 10.5 Å². The molecule has 0 radical (unpaired) electrons. The van der Waals surface area contributed by atoms with Crippen molar-refractivity contribution in [2.45, 2.75) is 0 Å². The maximum absolute atomic E-state index is 12.6. The number of pyridine rings is 1. The Bertz CT molecular complexity index is 456. The molecule has 1 aromatic heterocycles. The number of hydrogen-bond donors (Lipinski definition) is 1. The fourth-order valence-corrected chi connectivity index (χ4v) is 1.12. The van der Waals surface area contributed by atoms with E-state index in [1.165, 1.54) is 24.3 Å². The Balaban J connectivity index is 2.22. The minimum Gasteiger partial charge on any atom is -0.453 e. The molecule has 0 amide bonds. The van der Waals surface area contributed by atoms with Gasteiger partial charge in [0, 0.05) is 6.20 Å². The fraction of sp³-hybridized carbons (Fsp3) is 0. The smallest absolute Gasteiger partial charge is 0.169 e. The first kappa shape index (κ1) is 9.45. The van der Waals surface area contributed by atoms with Crippen molar-refractivity contribution in [3.8, 4) is 11.5 Å². The first-order valence-electron chi connectivity index (χ1n) is 4.39. The van der Waals surface area contributed by atoms with Gasteiger partial charge in [-0.2, -0.15) is 0 Å². The van der Waals surface area contributed by atoms with Crippen LogP contribution in [0.5, 0.6) is 11.5 Å². The molecule has 0 aliphatic heterocycles. The van der Waals surface area contributed by atoms with Gasteiger partial charge in [0.2, 0.25) is 0 Å². The Morgan fingerprint density at radius 2 is 1.87 bits per heavy atom. The number of rotatable bonds is 2. The lowest BCUT2D eigenvalue weighted by atomic mass is 10.3. The largest absolute Gasteiger partial charge is 0.453 e. The summed E-state index contributed by atoms with van der Waals surface area (Å²) in [6, 6.07) is 9.12. The van der Waals surface area contributed by atoms with Crippen LogP contribution in [0.2, 0.25) is 0 Å². The zero-order valence-electron chi connectivity index (χ0n) is 7.85. The van der Waals surface area contributed by atoms with E-state index in [4.69, 9.17) is 10.5 Å². The highest BCUT2D eigenvalue weighted by molar-refractivity contribution is 5.47. The molecular weight excluding hydrogens is 195 g/mol. The van der Waals surface area contributed by atoms with E-state index < -0.39 is 0 Å². The van der Waals surface area contributed by atoms with Crippen LogP contribution in [0.3, 0.4) is 0 Å².